The first-order valence-electron chi connectivity index (χ1n) is 5.99. The molecule has 0 radical (unpaired) electrons. The third-order valence-electron chi connectivity index (χ3n) is 3.55. The molecule has 94 valence electrons. The van der Waals surface area contributed by atoms with Crippen LogP contribution in [0.1, 0.15) is 19.4 Å². The highest BCUT2D eigenvalue weighted by Crippen LogP contribution is 2.36. The number of rotatable bonds is 0. The third kappa shape index (κ3) is 1.61. The average Bonchev–Trinajstić information content (AvgIpc) is 2.30. The summed E-state index contributed by atoms with van der Waals surface area (Å²) >= 11 is 0. The Morgan fingerprint density at radius 2 is 2.11 bits per heavy atom. The molecular formula is C14H15NO3. The molecule has 0 aliphatic carbocycles. The molecule has 1 unspecified atom stereocenters. The van der Waals surface area contributed by atoms with Gasteiger partial charge in [-0.05, 0) is 32.0 Å². The van der Waals surface area contributed by atoms with E-state index in [0.717, 1.165) is 22.2 Å². The molecular weight excluding hydrogens is 230 g/mol. The van der Waals surface area contributed by atoms with Crippen molar-refractivity contribution < 1.29 is 9.84 Å². The van der Waals surface area contributed by atoms with Crippen LogP contribution in [0, 0.1) is 0 Å². The first-order valence-corrected chi connectivity index (χ1v) is 5.99. The van der Waals surface area contributed by atoms with Gasteiger partial charge in [-0.1, -0.05) is 0 Å². The summed E-state index contributed by atoms with van der Waals surface area (Å²) in [5.74, 6) is 0.782. The zero-order valence-electron chi connectivity index (χ0n) is 10.4. The standard InChI is InChI=1S/C14H15NO3/c1-14(2)12(16)7-9-8-3-6-13(17)15-10(8)4-5-11(9)18-14/h3-6,12,16H,7H2,1-2H3,(H,15,17). The highest BCUT2D eigenvalue weighted by molar-refractivity contribution is 5.84. The minimum absolute atomic E-state index is 0.125. The van der Waals surface area contributed by atoms with Crippen LogP contribution in [0.5, 0.6) is 5.75 Å². The van der Waals surface area contributed by atoms with E-state index in [1.54, 1.807) is 6.07 Å². The fourth-order valence-electron chi connectivity index (χ4n) is 2.37. The summed E-state index contributed by atoms with van der Waals surface area (Å²) in [6.07, 6.45) is -0.0198. The number of hydrogen-bond acceptors (Lipinski definition) is 3. The number of aromatic nitrogens is 1. The molecule has 2 heterocycles. The van der Waals surface area contributed by atoms with Crippen molar-refractivity contribution in [3.63, 3.8) is 0 Å². The smallest absolute Gasteiger partial charge is 0.248 e. The van der Waals surface area contributed by atoms with Gasteiger partial charge in [-0.15, -0.1) is 0 Å². The Bertz CT molecular complexity index is 672. The number of fused-ring (bicyclic) bond motifs is 3. The van der Waals surface area contributed by atoms with Gasteiger partial charge >= 0.3 is 0 Å². The number of ether oxygens (including phenoxy) is 1. The van der Waals surface area contributed by atoms with Gasteiger partial charge < -0.3 is 14.8 Å². The Morgan fingerprint density at radius 1 is 1.33 bits per heavy atom. The number of H-pyrrole nitrogens is 1. The molecule has 0 saturated carbocycles. The van der Waals surface area contributed by atoms with Gasteiger partial charge in [0.05, 0.1) is 6.10 Å². The maximum absolute atomic E-state index is 11.3. The summed E-state index contributed by atoms with van der Waals surface area (Å²) in [7, 11) is 0. The Labute approximate surface area is 104 Å². The van der Waals surface area contributed by atoms with Crippen LogP contribution in [-0.2, 0) is 6.42 Å². The van der Waals surface area contributed by atoms with Crippen molar-refractivity contribution in [1.82, 2.24) is 4.98 Å². The average molecular weight is 245 g/mol. The van der Waals surface area contributed by atoms with Crippen LogP contribution < -0.4 is 10.3 Å². The second kappa shape index (κ2) is 3.59. The number of aliphatic hydroxyl groups is 1. The normalized spacial score (nSPS) is 21.4. The van der Waals surface area contributed by atoms with Crippen LogP contribution >= 0.6 is 0 Å². The molecule has 4 nitrogen and oxygen atoms in total. The number of aromatic amines is 1. The predicted octanol–water partition coefficient (Wildman–Crippen LogP) is 1.60. The molecule has 4 heteroatoms. The van der Waals surface area contributed by atoms with Gasteiger partial charge in [0, 0.05) is 29.0 Å². The summed E-state index contributed by atoms with van der Waals surface area (Å²) in [6.45, 7) is 3.75. The fourth-order valence-corrected chi connectivity index (χ4v) is 2.37. The molecule has 1 atom stereocenters. The molecule has 2 N–H and O–H groups in total. The second-order valence-corrected chi connectivity index (χ2v) is 5.25. The van der Waals surface area contributed by atoms with Crippen LogP contribution in [0.25, 0.3) is 10.9 Å². The van der Waals surface area contributed by atoms with Crippen LogP contribution in [0.3, 0.4) is 0 Å². The van der Waals surface area contributed by atoms with Gasteiger partial charge in [-0.25, -0.2) is 0 Å². The summed E-state index contributed by atoms with van der Waals surface area (Å²) in [4.78, 5) is 14.1. The van der Waals surface area contributed by atoms with Crippen molar-refractivity contribution >= 4 is 10.9 Å². The lowest BCUT2D eigenvalue weighted by Gasteiger charge is -2.37. The van der Waals surface area contributed by atoms with Crippen molar-refractivity contribution in [2.45, 2.75) is 32.0 Å². The molecule has 3 rings (SSSR count). The van der Waals surface area contributed by atoms with E-state index in [0.29, 0.717) is 6.42 Å². The molecule has 18 heavy (non-hydrogen) atoms. The number of benzene rings is 1. The van der Waals surface area contributed by atoms with E-state index in [1.807, 2.05) is 26.0 Å². The topological polar surface area (TPSA) is 62.3 Å². The highest BCUT2D eigenvalue weighted by Gasteiger charge is 2.36. The molecule has 1 aliphatic heterocycles. The molecule has 1 aliphatic rings. The van der Waals surface area contributed by atoms with E-state index in [-0.39, 0.29) is 5.56 Å². The lowest BCUT2D eigenvalue weighted by Crippen LogP contribution is -2.46. The van der Waals surface area contributed by atoms with Crippen molar-refractivity contribution in [2.24, 2.45) is 0 Å². The first kappa shape index (κ1) is 11.3. The quantitative estimate of drug-likeness (QED) is 0.741. The van der Waals surface area contributed by atoms with Crippen LogP contribution in [0.4, 0.5) is 0 Å². The minimum Gasteiger partial charge on any atom is -0.485 e. The summed E-state index contributed by atoms with van der Waals surface area (Å²) < 4.78 is 5.83. The van der Waals surface area contributed by atoms with E-state index in [4.69, 9.17) is 4.74 Å². The van der Waals surface area contributed by atoms with E-state index >= 15 is 0 Å². The predicted molar refractivity (Wildman–Crippen MR) is 69.0 cm³/mol. The molecule has 0 bridgehead atoms. The third-order valence-corrected chi connectivity index (χ3v) is 3.55. The molecule has 1 aromatic carbocycles. The zero-order valence-corrected chi connectivity index (χ0v) is 10.4. The number of pyridine rings is 1. The largest absolute Gasteiger partial charge is 0.485 e. The maximum Gasteiger partial charge on any atom is 0.248 e. The molecule has 0 fully saturated rings. The van der Waals surface area contributed by atoms with Gasteiger partial charge in [-0.2, -0.15) is 0 Å². The van der Waals surface area contributed by atoms with Crippen LogP contribution in [-0.4, -0.2) is 21.8 Å². The lowest BCUT2D eigenvalue weighted by molar-refractivity contribution is -0.0406. The molecule has 0 amide bonds. The molecule has 2 aromatic rings. The Kier molecular flexibility index (Phi) is 2.25. The van der Waals surface area contributed by atoms with Crippen molar-refractivity contribution in [3.05, 3.63) is 40.2 Å². The maximum atomic E-state index is 11.3. The van der Waals surface area contributed by atoms with Gasteiger partial charge in [0.25, 0.3) is 0 Å². The molecule has 0 saturated heterocycles. The van der Waals surface area contributed by atoms with Crippen LogP contribution in [0.2, 0.25) is 0 Å². The number of nitrogens with one attached hydrogen (secondary N) is 1. The first-order chi connectivity index (χ1) is 8.47. The lowest BCUT2D eigenvalue weighted by atomic mass is 9.89. The van der Waals surface area contributed by atoms with Crippen molar-refractivity contribution in [3.8, 4) is 5.75 Å². The van der Waals surface area contributed by atoms with Gasteiger partial charge in [0.1, 0.15) is 11.4 Å². The van der Waals surface area contributed by atoms with E-state index in [9.17, 15) is 9.90 Å². The minimum atomic E-state index is -0.580. The Hall–Kier alpha value is -1.81. The fraction of sp³-hybridized carbons (Fsp3) is 0.357. The van der Waals surface area contributed by atoms with E-state index in [1.165, 1.54) is 6.07 Å². The van der Waals surface area contributed by atoms with Gasteiger partial charge in [0.15, 0.2) is 0 Å². The van der Waals surface area contributed by atoms with Crippen molar-refractivity contribution in [2.75, 3.05) is 0 Å². The van der Waals surface area contributed by atoms with Crippen LogP contribution in [0.15, 0.2) is 29.1 Å². The SMILES string of the molecule is CC1(C)Oc2ccc3[nH]c(=O)ccc3c2CC1O. The monoisotopic (exact) mass is 245 g/mol. The Morgan fingerprint density at radius 3 is 2.89 bits per heavy atom. The number of aliphatic hydroxyl groups excluding tert-OH is 1. The van der Waals surface area contributed by atoms with Crippen molar-refractivity contribution in [1.29, 1.82) is 0 Å². The molecule has 1 aromatic heterocycles. The van der Waals surface area contributed by atoms with Gasteiger partial charge in [0.2, 0.25) is 5.56 Å². The summed E-state index contributed by atoms with van der Waals surface area (Å²) in [5.41, 5.74) is 1.02. The van der Waals surface area contributed by atoms with E-state index in [2.05, 4.69) is 4.98 Å². The number of hydrogen-bond donors (Lipinski definition) is 2. The summed E-state index contributed by atoms with van der Waals surface area (Å²) in [6, 6.07) is 6.96. The Balaban J connectivity index is 2.25. The zero-order chi connectivity index (χ0) is 12.9. The molecule has 0 spiro atoms. The highest BCUT2D eigenvalue weighted by atomic mass is 16.5. The van der Waals surface area contributed by atoms with E-state index < -0.39 is 11.7 Å². The second-order valence-electron chi connectivity index (χ2n) is 5.25. The summed E-state index contributed by atoms with van der Waals surface area (Å²) in [5, 5.41) is 11.0. The van der Waals surface area contributed by atoms with Gasteiger partial charge in [-0.3, -0.25) is 4.79 Å².